The molecule has 1 N–H and O–H groups in total. The summed E-state index contributed by atoms with van der Waals surface area (Å²) in [4.78, 5) is 21.6. The third-order valence-electron chi connectivity index (χ3n) is 5.62. The number of likely N-dealkylation sites (tertiary alicyclic amines) is 1. The van der Waals surface area contributed by atoms with E-state index >= 15 is 0 Å². The molecule has 2 aliphatic rings. The molecule has 8 heteroatoms. The molecule has 1 aromatic rings. The van der Waals surface area contributed by atoms with E-state index in [1.807, 2.05) is 0 Å². The van der Waals surface area contributed by atoms with Gasteiger partial charge in [0.25, 0.3) is 5.95 Å². The molecule has 27 heavy (non-hydrogen) atoms. The van der Waals surface area contributed by atoms with Crippen LogP contribution in [0.5, 0.6) is 0 Å². The van der Waals surface area contributed by atoms with Crippen LogP contribution < -0.4 is 10.2 Å². The maximum absolute atomic E-state index is 12.4. The van der Waals surface area contributed by atoms with E-state index in [4.69, 9.17) is 9.26 Å². The molecule has 0 aromatic carbocycles. The van der Waals surface area contributed by atoms with Gasteiger partial charge in [0.05, 0.1) is 12.5 Å². The molecule has 1 aromatic heterocycles. The first-order valence-corrected chi connectivity index (χ1v) is 10.2. The van der Waals surface area contributed by atoms with E-state index < -0.39 is 0 Å². The lowest BCUT2D eigenvalue weighted by Gasteiger charge is -2.41. The van der Waals surface area contributed by atoms with Gasteiger partial charge in [0, 0.05) is 45.2 Å². The molecule has 0 aliphatic carbocycles. The predicted molar refractivity (Wildman–Crippen MR) is 103 cm³/mol. The van der Waals surface area contributed by atoms with Crippen LogP contribution >= 0.6 is 0 Å². The van der Waals surface area contributed by atoms with Crippen LogP contribution in [-0.4, -0.2) is 73.4 Å². The van der Waals surface area contributed by atoms with Gasteiger partial charge in [0.15, 0.2) is 0 Å². The Kier molecular flexibility index (Phi) is 7.07. The lowest BCUT2D eigenvalue weighted by Crippen LogP contribution is -2.51. The number of hydrogen-bond acceptors (Lipinski definition) is 7. The number of carbonyl (C=O) groups excluding carboxylic acids is 1. The molecule has 0 spiro atoms. The molecule has 2 aliphatic heterocycles. The van der Waals surface area contributed by atoms with Crippen LogP contribution in [0.2, 0.25) is 0 Å². The first-order chi connectivity index (χ1) is 13.1. The molecule has 8 nitrogen and oxygen atoms in total. The van der Waals surface area contributed by atoms with Crippen molar-refractivity contribution in [1.82, 2.24) is 20.4 Å². The maximum Gasteiger partial charge on any atom is 0.266 e. The van der Waals surface area contributed by atoms with E-state index in [0.29, 0.717) is 31.0 Å². The molecule has 0 saturated carbocycles. The zero-order chi connectivity index (χ0) is 19.2. The average Bonchev–Trinajstić information content (AvgIpc) is 3.19. The van der Waals surface area contributed by atoms with Gasteiger partial charge in [-0.05, 0) is 37.4 Å². The molecule has 0 bridgehead atoms. The van der Waals surface area contributed by atoms with E-state index in [2.05, 4.69) is 39.1 Å². The fourth-order valence-electron chi connectivity index (χ4n) is 3.99. The van der Waals surface area contributed by atoms with Gasteiger partial charge >= 0.3 is 0 Å². The van der Waals surface area contributed by atoms with Gasteiger partial charge in [-0.15, -0.1) is 0 Å². The topological polar surface area (TPSA) is 83.7 Å². The number of nitrogens with zero attached hydrogens (tertiary/aromatic N) is 4. The van der Waals surface area contributed by atoms with Crippen molar-refractivity contribution in [3.05, 3.63) is 5.89 Å². The molecule has 0 radical (unpaired) electrons. The quantitative estimate of drug-likeness (QED) is 0.721. The number of hydrogen-bond donors (Lipinski definition) is 1. The molecular formula is C19H33N5O3. The van der Waals surface area contributed by atoms with Crippen LogP contribution in [0.4, 0.5) is 5.95 Å². The average molecular weight is 380 g/mol. The van der Waals surface area contributed by atoms with Gasteiger partial charge in [-0.3, -0.25) is 9.69 Å². The Morgan fingerprint density at radius 2 is 2.07 bits per heavy atom. The van der Waals surface area contributed by atoms with Crippen LogP contribution in [0.25, 0.3) is 0 Å². The largest absolute Gasteiger partial charge is 0.383 e. The molecule has 0 unspecified atom stereocenters. The summed E-state index contributed by atoms with van der Waals surface area (Å²) in [5.41, 5.74) is 0. The number of methoxy groups -OCH3 is 1. The van der Waals surface area contributed by atoms with E-state index in [1.54, 1.807) is 7.11 Å². The summed E-state index contributed by atoms with van der Waals surface area (Å²) in [7, 11) is 1.65. The zero-order valence-corrected chi connectivity index (χ0v) is 16.8. The fourth-order valence-corrected chi connectivity index (χ4v) is 3.99. The van der Waals surface area contributed by atoms with Crippen LogP contribution in [0.15, 0.2) is 4.52 Å². The fraction of sp³-hybridized carbons (Fsp3) is 0.842. The second-order valence-corrected chi connectivity index (χ2v) is 7.92. The second-order valence-electron chi connectivity index (χ2n) is 7.92. The first kappa shape index (κ1) is 20.1. The Morgan fingerprint density at radius 3 is 2.74 bits per heavy atom. The third-order valence-corrected chi connectivity index (χ3v) is 5.62. The molecule has 3 rings (SSSR count). The van der Waals surface area contributed by atoms with Crippen molar-refractivity contribution < 1.29 is 14.1 Å². The number of amides is 1. The van der Waals surface area contributed by atoms with Crippen LogP contribution in [0.1, 0.15) is 51.3 Å². The van der Waals surface area contributed by atoms with Gasteiger partial charge in [0.2, 0.25) is 11.8 Å². The van der Waals surface area contributed by atoms with Gasteiger partial charge in [-0.1, -0.05) is 13.8 Å². The minimum Gasteiger partial charge on any atom is -0.383 e. The summed E-state index contributed by atoms with van der Waals surface area (Å²) < 4.78 is 10.3. The van der Waals surface area contributed by atoms with E-state index in [1.165, 1.54) is 0 Å². The van der Waals surface area contributed by atoms with Crippen molar-refractivity contribution in [2.75, 3.05) is 51.3 Å². The molecule has 3 heterocycles. The minimum atomic E-state index is 0.0967. The van der Waals surface area contributed by atoms with Crippen molar-refractivity contribution >= 4 is 11.9 Å². The molecule has 2 saturated heterocycles. The van der Waals surface area contributed by atoms with Crippen LogP contribution in [0, 0.1) is 5.92 Å². The number of nitrogens with one attached hydrogen (secondary N) is 1. The van der Waals surface area contributed by atoms with Crippen molar-refractivity contribution in [3.8, 4) is 0 Å². The summed E-state index contributed by atoms with van der Waals surface area (Å²) in [6, 6.07) is 0.535. The number of aromatic nitrogens is 2. The Hall–Kier alpha value is -1.67. The highest BCUT2D eigenvalue weighted by Crippen LogP contribution is 2.26. The van der Waals surface area contributed by atoms with Crippen LogP contribution in [-0.2, 0) is 9.53 Å². The maximum atomic E-state index is 12.4. The Balaban J connectivity index is 1.47. The summed E-state index contributed by atoms with van der Waals surface area (Å²) in [6.45, 7) is 9.09. The predicted octanol–water partition coefficient (Wildman–Crippen LogP) is 1.64. The highest BCUT2D eigenvalue weighted by molar-refractivity contribution is 5.78. The SMILES string of the molecule is COCCNC(=O)[C@H]1CCCN(C2CCN(c3noc(C(C)C)n3)CC2)C1. The Morgan fingerprint density at radius 1 is 1.30 bits per heavy atom. The second kappa shape index (κ2) is 9.50. The van der Waals surface area contributed by atoms with Crippen molar-refractivity contribution in [1.29, 1.82) is 0 Å². The number of carbonyl (C=O) groups is 1. The van der Waals surface area contributed by atoms with E-state index in [-0.39, 0.29) is 17.7 Å². The van der Waals surface area contributed by atoms with Crippen molar-refractivity contribution in [2.24, 2.45) is 5.92 Å². The summed E-state index contributed by atoms with van der Waals surface area (Å²) in [5, 5.41) is 7.12. The number of piperidine rings is 2. The zero-order valence-electron chi connectivity index (χ0n) is 16.8. The third kappa shape index (κ3) is 5.19. The molecule has 2 fully saturated rings. The number of rotatable bonds is 7. The summed E-state index contributed by atoms with van der Waals surface area (Å²) in [5.74, 6) is 1.93. The van der Waals surface area contributed by atoms with Crippen molar-refractivity contribution in [2.45, 2.75) is 51.5 Å². The van der Waals surface area contributed by atoms with Gasteiger partial charge in [0.1, 0.15) is 0 Å². The van der Waals surface area contributed by atoms with Crippen LogP contribution in [0.3, 0.4) is 0 Å². The first-order valence-electron chi connectivity index (χ1n) is 10.2. The standard InChI is InChI=1S/C19H33N5O3/c1-14(2)18-21-19(22-27-18)23-10-6-16(7-11-23)24-9-4-5-15(13-24)17(25)20-8-12-26-3/h14-16H,4-13H2,1-3H3,(H,20,25)/t15-/m0/s1. The van der Waals surface area contributed by atoms with E-state index in [9.17, 15) is 4.79 Å². The highest BCUT2D eigenvalue weighted by Gasteiger charge is 2.32. The van der Waals surface area contributed by atoms with E-state index in [0.717, 1.165) is 51.9 Å². The number of anilines is 1. The van der Waals surface area contributed by atoms with Gasteiger partial charge < -0.3 is 19.5 Å². The highest BCUT2D eigenvalue weighted by atomic mass is 16.5. The lowest BCUT2D eigenvalue weighted by atomic mass is 9.93. The molecule has 1 atom stereocenters. The molecular weight excluding hydrogens is 346 g/mol. The normalized spacial score (nSPS) is 22.4. The molecule has 1 amide bonds. The Bertz CT molecular complexity index is 598. The van der Waals surface area contributed by atoms with Gasteiger partial charge in [-0.2, -0.15) is 4.98 Å². The lowest BCUT2D eigenvalue weighted by molar-refractivity contribution is -0.127. The summed E-state index contributed by atoms with van der Waals surface area (Å²) in [6.07, 6.45) is 4.22. The van der Waals surface area contributed by atoms with Crippen molar-refractivity contribution in [3.63, 3.8) is 0 Å². The number of ether oxygens (including phenoxy) is 1. The van der Waals surface area contributed by atoms with Gasteiger partial charge in [-0.25, -0.2) is 0 Å². The monoisotopic (exact) mass is 379 g/mol. The Labute approximate surface area is 161 Å². The smallest absolute Gasteiger partial charge is 0.266 e. The molecule has 152 valence electrons. The summed E-state index contributed by atoms with van der Waals surface area (Å²) >= 11 is 0. The minimum absolute atomic E-state index is 0.0967.